The van der Waals surface area contributed by atoms with Gasteiger partial charge in [0.2, 0.25) is 0 Å². The Morgan fingerprint density at radius 1 is 1.42 bits per heavy atom. The van der Waals surface area contributed by atoms with Crippen molar-refractivity contribution >= 4 is 11.7 Å². The summed E-state index contributed by atoms with van der Waals surface area (Å²) in [6, 6.07) is 3.37. The first kappa shape index (κ1) is 13.8. The standard InChI is InChI=1S/C14H22N4O/c1-11-9-12(10-13(15)17-11)14(19)16-5-4-8-18-6-2-3-7-18/h9-10H,2-8H2,1H3,(H2,15,17)(H,16,19). The van der Waals surface area contributed by atoms with Crippen molar-refractivity contribution in [1.82, 2.24) is 15.2 Å². The largest absolute Gasteiger partial charge is 0.384 e. The summed E-state index contributed by atoms with van der Waals surface area (Å²) in [6.45, 7) is 6.01. The van der Waals surface area contributed by atoms with Gasteiger partial charge in [-0.1, -0.05) is 0 Å². The molecule has 0 spiro atoms. The second-order valence-corrected chi connectivity index (χ2v) is 5.08. The van der Waals surface area contributed by atoms with Crippen molar-refractivity contribution in [3.05, 3.63) is 23.4 Å². The van der Waals surface area contributed by atoms with Crippen molar-refractivity contribution in [3.8, 4) is 0 Å². The van der Waals surface area contributed by atoms with Crippen molar-refractivity contribution in [3.63, 3.8) is 0 Å². The number of aromatic nitrogens is 1. The lowest BCUT2D eigenvalue weighted by Crippen LogP contribution is -2.28. The van der Waals surface area contributed by atoms with Crippen molar-refractivity contribution in [1.29, 1.82) is 0 Å². The third-order valence-corrected chi connectivity index (χ3v) is 3.37. The van der Waals surface area contributed by atoms with Crippen LogP contribution in [0.25, 0.3) is 0 Å². The number of nitrogens with zero attached hydrogens (tertiary/aromatic N) is 2. The number of anilines is 1. The number of nitrogens with two attached hydrogens (primary N) is 1. The quantitative estimate of drug-likeness (QED) is 0.782. The number of pyridine rings is 1. The molecule has 5 heteroatoms. The second-order valence-electron chi connectivity index (χ2n) is 5.08. The van der Waals surface area contributed by atoms with Crippen LogP contribution in [0.3, 0.4) is 0 Å². The summed E-state index contributed by atoms with van der Waals surface area (Å²) in [7, 11) is 0. The van der Waals surface area contributed by atoms with Gasteiger partial charge in [0.25, 0.3) is 5.91 Å². The van der Waals surface area contributed by atoms with Crippen molar-refractivity contribution in [2.24, 2.45) is 0 Å². The summed E-state index contributed by atoms with van der Waals surface area (Å²) in [6.07, 6.45) is 3.61. The minimum absolute atomic E-state index is 0.0707. The first-order valence-electron chi connectivity index (χ1n) is 6.90. The minimum atomic E-state index is -0.0707. The molecule has 104 valence electrons. The molecule has 19 heavy (non-hydrogen) atoms. The van der Waals surface area contributed by atoms with Gasteiger partial charge in [0.15, 0.2) is 0 Å². The predicted octanol–water partition coefficient (Wildman–Crippen LogP) is 1.19. The van der Waals surface area contributed by atoms with Crippen LogP contribution in [0, 0.1) is 6.92 Å². The first-order valence-corrected chi connectivity index (χ1v) is 6.90. The topological polar surface area (TPSA) is 71.2 Å². The average molecular weight is 262 g/mol. The van der Waals surface area contributed by atoms with Crippen LogP contribution in [-0.4, -0.2) is 42.0 Å². The van der Waals surface area contributed by atoms with Gasteiger partial charge in [-0.25, -0.2) is 4.98 Å². The van der Waals surface area contributed by atoms with Crippen LogP contribution < -0.4 is 11.1 Å². The van der Waals surface area contributed by atoms with Crippen LogP contribution in [-0.2, 0) is 0 Å². The number of nitrogens with one attached hydrogen (secondary N) is 1. The van der Waals surface area contributed by atoms with Crippen LogP contribution in [0.4, 0.5) is 5.82 Å². The van der Waals surface area contributed by atoms with Gasteiger partial charge in [-0.2, -0.15) is 0 Å². The molecule has 1 saturated heterocycles. The Morgan fingerprint density at radius 2 is 2.16 bits per heavy atom. The molecule has 0 saturated carbocycles. The number of aryl methyl sites for hydroxylation is 1. The van der Waals surface area contributed by atoms with Crippen LogP contribution >= 0.6 is 0 Å². The molecule has 5 nitrogen and oxygen atoms in total. The van der Waals surface area contributed by atoms with E-state index in [1.807, 2.05) is 6.92 Å². The highest BCUT2D eigenvalue weighted by molar-refractivity contribution is 5.94. The third-order valence-electron chi connectivity index (χ3n) is 3.37. The van der Waals surface area contributed by atoms with E-state index in [1.165, 1.54) is 25.9 Å². The Hall–Kier alpha value is -1.62. The van der Waals surface area contributed by atoms with Gasteiger partial charge in [0.05, 0.1) is 0 Å². The molecule has 3 N–H and O–H groups in total. The molecule has 1 fully saturated rings. The number of amides is 1. The van der Waals surface area contributed by atoms with Gasteiger partial charge in [-0.3, -0.25) is 4.79 Å². The Kier molecular flexibility index (Phi) is 4.74. The zero-order chi connectivity index (χ0) is 13.7. The number of carbonyl (C=O) groups excluding carboxylic acids is 1. The molecule has 0 bridgehead atoms. The maximum Gasteiger partial charge on any atom is 0.251 e. The molecular weight excluding hydrogens is 240 g/mol. The second kappa shape index (κ2) is 6.52. The van der Waals surface area contributed by atoms with Gasteiger partial charge >= 0.3 is 0 Å². The van der Waals surface area contributed by atoms with E-state index in [1.54, 1.807) is 12.1 Å². The van der Waals surface area contributed by atoms with E-state index >= 15 is 0 Å². The SMILES string of the molecule is Cc1cc(C(=O)NCCCN2CCCC2)cc(N)n1. The number of hydrogen-bond acceptors (Lipinski definition) is 4. The van der Waals surface area contributed by atoms with Crippen molar-refractivity contribution in [2.45, 2.75) is 26.2 Å². The van der Waals surface area contributed by atoms with E-state index in [2.05, 4.69) is 15.2 Å². The van der Waals surface area contributed by atoms with E-state index in [0.29, 0.717) is 17.9 Å². The van der Waals surface area contributed by atoms with E-state index in [4.69, 9.17) is 5.73 Å². The summed E-state index contributed by atoms with van der Waals surface area (Å²) in [4.78, 5) is 18.4. The fourth-order valence-electron chi connectivity index (χ4n) is 2.44. The van der Waals surface area contributed by atoms with Crippen LogP contribution in [0.5, 0.6) is 0 Å². The Morgan fingerprint density at radius 3 is 2.84 bits per heavy atom. The minimum Gasteiger partial charge on any atom is -0.384 e. The molecule has 0 aromatic carbocycles. The van der Waals surface area contributed by atoms with Gasteiger partial charge in [-0.05, 0) is 58.0 Å². The highest BCUT2D eigenvalue weighted by atomic mass is 16.1. The molecule has 0 unspecified atom stereocenters. The summed E-state index contributed by atoms with van der Waals surface area (Å²) in [5.74, 6) is 0.320. The monoisotopic (exact) mass is 262 g/mol. The molecule has 0 aliphatic carbocycles. The molecule has 2 heterocycles. The van der Waals surface area contributed by atoms with Crippen molar-refractivity contribution < 1.29 is 4.79 Å². The van der Waals surface area contributed by atoms with Crippen molar-refractivity contribution in [2.75, 3.05) is 31.9 Å². The fourth-order valence-corrected chi connectivity index (χ4v) is 2.44. The molecule has 1 amide bonds. The predicted molar refractivity (Wildman–Crippen MR) is 76.0 cm³/mol. The average Bonchev–Trinajstić information content (AvgIpc) is 2.86. The van der Waals surface area contributed by atoms with Gasteiger partial charge < -0.3 is 16.0 Å². The smallest absolute Gasteiger partial charge is 0.251 e. The summed E-state index contributed by atoms with van der Waals surface area (Å²) in [5.41, 5.74) is 6.99. The Balaban J connectivity index is 1.74. The van der Waals surface area contributed by atoms with Crippen LogP contribution in [0.2, 0.25) is 0 Å². The van der Waals surface area contributed by atoms with E-state index in [9.17, 15) is 4.79 Å². The molecule has 1 aromatic rings. The van der Waals surface area contributed by atoms with Gasteiger partial charge in [0, 0.05) is 17.8 Å². The van der Waals surface area contributed by atoms with Gasteiger partial charge in [0.1, 0.15) is 5.82 Å². The molecule has 1 aliphatic heterocycles. The summed E-state index contributed by atoms with van der Waals surface area (Å²) < 4.78 is 0. The van der Waals surface area contributed by atoms with E-state index in [-0.39, 0.29) is 5.91 Å². The highest BCUT2D eigenvalue weighted by Crippen LogP contribution is 2.08. The van der Waals surface area contributed by atoms with E-state index in [0.717, 1.165) is 18.7 Å². The van der Waals surface area contributed by atoms with Crippen LogP contribution in [0.1, 0.15) is 35.3 Å². The summed E-state index contributed by atoms with van der Waals surface area (Å²) in [5, 5.41) is 2.93. The normalized spacial score (nSPS) is 15.6. The Labute approximate surface area is 114 Å². The molecule has 2 rings (SSSR count). The first-order chi connectivity index (χ1) is 9.15. The Bertz CT molecular complexity index is 421. The number of rotatable bonds is 5. The molecule has 0 atom stereocenters. The maximum absolute atomic E-state index is 11.9. The zero-order valence-corrected chi connectivity index (χ0v) is 11.5. The molecule has 0 radical (unpaired) electrons. The fraction of sp³-hybridized carbons (Fsp3) is 0.571. The zero-order valence-electron chi connectivity index (χ0n) is 11.5. The third kappa shape index (κ3) is 4.21. The van der Waals surface area contributed by atoms with Crippen LogP contribution in [0.15, 0.2) is 12.1 Å². The number of nitrogen functional groups attached to an aromatic ring is 1. The lowest BCUT2D eigenvalue weighted by Gasteiger charge is -2.14. The van der Waals surface area contributed by atoms with E-state index < -0.39 is 0 Å². The lowest BCUT2D eigenvalue weighted by molar-refractivity contribution is 0.0952. The molecular formula is C14H22N4O. The molecule has 1 aliphatic rings. The van der Waals surface area contributed by atoms with Gasteiger partial charge in [-0.15, -0.1) is 0 Å². The number of likely N-dealkylation sites (tertiary alicyclic amines) is 1. The summed E-state index contributed by atoms with van der Waals surface area (Å²) >= 11 is 0. The lowest BCUT2D eigenvalue weighted by atomic mass is 10.2. The maximum atomic E-state index is 11.9. The number of carbonyl (C=O) groups is 1. The molecule has 1 aromatic heterocycles. The number of hydrogen-bond donors (Lipinski definition) is 2. The highest BCUT2D eigenvalue weighted by Gasteiger charge is 2.11.